The Morgan fingerprint density at radius 3 is 2.24 bits per heavy atom. The molecule has 0 bridgehead atoms. The molecule has 21 heavy (non-hydrogen) atoms. The third-order valence-electron chi connectivity index (χ3n) is 3.62. The minimum atomic E-state index is -0.905. The topological polar surface area (TPSA) is 40.5 Å². The number of benzene rings is 2. The van der Waals surface area contributed by atoms with E-state index in [9.17, 15) is 14.6 Å². The lowest BCUT2D eigenvalue weighted by Gasteiger charge is -2.31. The van der Waals surface area contributed by atoms with E-state index in [-0.39, 0.29) is 24.7 Å². The molecular formula is C16H15BrClFO2. The van der Waals surface area contributed by atoms with E-state index in [1.807, 2.05) is 24.3 Å². The van der Waals surface area contributed by atoms with Gasteiger partial charge < -0.3 is 10.2 Å². The molecular weight excluding hydrogens is 359 g/mol. The van der Waals surface area contributed by atoms with Crippen molar-refractivity contribution in [2.75, 3.05) is 13.2 Å². The standard InChI is InChI=1S/C16H15BrClFO2/c17-13-6-4-12(5-7-13)16(9-20,10-21)8-11-2-1-3-14(19)15(11)18/h1-7,20-21H,8-10H2. The van der Waals surface area contributed by atoms with E-state index in [2.05, 4.69) is 15.9 Å². The average molecular weight is 374 g/mol. The highest BCUT2D eigenvalue weighted by molar-refractivity contribution is 9.10. The molecule has 0 spiro atoms. The Kier molecular flexibility index (Phi) is 5.38. The number of hydrogen-bond donors (Lipinski definition) is 2. The van der Waals surface area contributed by atoms with Gasteiger partial charge in [0.2, 0.25) is 0 Å². The molecule has 2 rings (SSSR count). The van der Waals surface area contributed by atoms with Crippen LogP contribution in [0.5, 0.6) is 0 Å². The predicted molar refractivity (Wildman–Crippen MR) is 85.1 cm³/mol. The quantitative estimate of drug-likeness (QED) is 0.839. The Labute approximate surface area is 136 Å². The lowest BCUT2D eigenvalue weighted by Crippen LogP contribution is -2.37. The van der Waals surface area contributed by atoms with Gasteiger partial charge in [0.15, 0.2) is 0 Å². The first-order valence-corrected chi connectivity index (χ1v) is 7.60. The van der Waals surface area contributed by atoms with Gasteiger partial charge in [0, 0.05) is 9.89 Å². The van der Waals surface area contributed by atoms with Crippen LogP contribution in [0.1, 0.15) is 11.1 Å². The van der Waals surface area contributed by atoms with Crippen LogP contribution in [0, 0.1) is 5.82 Å². The first-order valence-electron chi connectivity index (χ1n) is 6.43. The Balaban J connectivity index is 2.43. The molecule has 0 saturated heterocycles. The number of hydrogen-bond acceptors (Lipinski definition) is 2. The zero-order chi connectivity index (χ0) is 15.5. The molecule has 0 aliphatic rings. The summed E-state index contributed by atoms with van der Waals surface area (Å²) in [5.74, 6) is -0.505. The number of aliphatic hydroxyl groups is 2. The van der Waals surface area contributed by atoms with Gasteiger partial charge in [-0.2, -0.15) is 0 Å². The van der Waals surface area contributed by atoms with Crippen LogP contribution in [0.15, 0.2) is 46.9 Å². The normalized spacial score (nSPS) is 11.7. The van der Waals surface area contributed by atoms with E-state index in [0.717, 1.165) is 10.0 Å². The minimum Gasteiger partial charge on any atom is -0.395 e. The first-order chi connectivity index (χ1) is 10.0. The lowest BCUT2D eigenvalue weighted by molar-refractivity contribution is 0.116. The van der Waals surface area contributed by atoms with Crippen LogP contribution in [-0.2, 0) is 11.8 Å². The van der Waals surface area contributed by atoms with Crippen molar-refractivity contribution in [2.45, 2.75) is 11.8 Å². The van der Waals surface area contributed by atoms with Gasteiger partial charge in [-0.3, -0.25) is 0 Å². The Bertz CT molecular complexity index is 612. The summed E-state index contributed by atoms with van der Waals surface area (Å²) in [5, 5.41) is 19.7. The summed E-state index contributed by atoms with van der Waals surface area (Å²) >= 11 is 9.33. The fourth-order valence-electron chi connectivity index (χ4n) is 2.30. The zero-order valence-corrected chi connectivity index (χ0v) is 13.5. The third kappa shape index (κ3) is 3.46. The maximum absolute atomic E-state index is 13.6. The third-order valence-corrected chi connectivity index (χ3v) is 4.57. The summed E-state index contributed by atoms with van der Waals surface area (Å²) in [6.45, 7) is -0.532. The van der Waals surface area contributed by atoms with Gasteiger partial charge in [0.05, 0.1) is 18.2 Å². The average Bonchev–Trinajstić information content (AvgIpc) is 2.50. The van der Waals surface area contributed by atoms with Gasteiger partial charge in [-0.15, -0.1) is 0 Å². The maximum Gasteiger partial charge on any atom is 0.142 e. The van der Waals surface area contributed by atoms with Crippen LogP contribution in [0.4, 0.5) is 4.39 Å². The van der Waals surface area contributed by atoms with Crippen molar-refractivity contribution in [2.24, 2.45) is 0 Å². The molecule has 0 atom stereocenters. The second kappa shape index (κ2) is 6.88. The second-order valence-electron chi connectivity index (χ2n) is 4.99. The lowest BCUT2D eigenvalue weighted by atomic mass is 9.77. The summed E-state index contributed by atoms with van der Waals surface area (Å²) in [6.07, 6.45) is 0.248. The van der Waals surface area contributed by atoms with Crippen molar-refractivity contribution in [3.8, 4) is 0 Å². The largest absolute Gasteiger partial charge is 0.395 e. The number of aliphatic hydroxyl groups excluding tert-OH is 2. The summed E-state index contributed by atoms with van der Waals surface area (Å²) in [6, 6.07) is 11.9. The van der Waals surface area contributed by atoms with Crippen molar-refractivity contribution in [1.29, 1.82) is 0 Å². The van der Waals surface area contributed by atoms with Crippen molar-refractivity contribution in [1.82, 2.24) is 0 Å². The monoisotopic (exact) mass is 372 g/mol. The summed E-state index contributed by atoms with van der Waals surface area (Å²) in [4.78, 5) is 0. The maximum atomic E-state index is 13.6. The van der Waals surface area contributed by atoms with Gasteiger partial charge in [-0.25, -0.2) is 4.39 Å². The molecule has 2 aromatic rings. The molecule has 0 radical (unpaired) electrons. The van der Waals surface area contributed by atoms with E-state index >= 15 is 0 Å². The highest BCUT2D eigenvalue weighted by atomic mass is 79.9. The van der Waals surface area contributed by atoms with Gasteiger partial charge in [-0.1, -0.05) is 51.8 Å². The zero-order valence-electron chi connectivity index (χ0n) is 11.2. The molecule has 0 heterocycles. The molecule has 0 aliphatic carbocycles. The van der Waals surface area contributed by atoms with Gasteiger partial charge in [-0.05, 0) is 35.7 Å². The highest BCUT2D eigenvalue weighted by Crippen LogP contribution is 2.32. The summed E-state index contributed by atoms with van der Waals surface area (Å²) < 4.78 is 14.5. The molecule has 5 heteroatoms. The van der Waals surface area contributed by atoms with E-state index in [1.165, 1.54) is 6.07 Å². The summed E-state index contributed by atoms with van der Waals surface area (Å²) in [7, 11) is 0. The minimum absolute atomic E-state index is 0.0286. The van der Waals surface area contributed by atoms with Gasteiger partial charge >= 0.3 is 0 Å². The fraction of sp³-hybridized carbons (Fsp3) is 0.250. The Morgan fingerprint density at radius 1 is 1.05 bits per heavy atom. The highest BCUT2D eigenvalue weighted by Gasteiger charge is 2.32. The number of halogens is 3. The Hall–Kier alpha value is -0.940. The van der Waals surface area contributed by atoms with Crippen LogP contribution in [-0.4, -0.2) is 23.4 Å². The van der Waals surface area contributed by atoms with Crippen molar-refractivity contribution >= 4 is 27.5 Å². The van der Waals surface area contributed by atoms with Crippen molar-refractivity contribution in [3.63, 3.8) is 0 Å². The molecule has 0 amide bonds. The van der Waals surface area contributed by atoms with Crippen LogP contribution in [0.3, 0.4) is 0 Å². The molecule has 0 saturated carbocycles. The fourth-order valence-corrected chi connectivity index (χ4v) is 2.76. The molecule has 112 valence electrons. The van der Waals surface area contributed by atoms with E-state index in [1.54, 1.807) is 12.1 Å². The molecule has 0 fully saturated rings. The van der Waals surface area contributed by atoms with E-state index in [4.69, 9.17) is 11.6 Å². The molecule has 0 aromatic heterocycles. The summed E-state index contributed by atoms with van der Waals surface area (Å²) in [5.41, 5.74) is 0.428. The molecule has 0 aliphatic heterocycles. The molecule has 0 unspecified atom stereocenters. The molecule has 2 N–H and O–H groups in total. The van der Waals surface area contributed by atoms with E-state index < -0.39 is 11.2 Å². The van der Waals surface area contributed by atoms with Crippen LogP contribution in [0.25, 0.3) is 0 Å². The van der Waals surface area contributed by atoms with E-state index in [0.29, 0.717) is 5.56 Å². The smallest absolute Gasteiger partial charge is 0.142 e. The first kappa shape index (κ1) is 16.4. The second-order valence-corrected chi connectivity index (χ2v) is 6.29. The molecule has 2 aromatic carbocycles. The predicted octanol–water partition coefficient (Wildman–Crippen LogP) is 3.71. The molecule has 2 nitrogen and oxygen atoms in total. The van der Waals surface area contributed by atoms with Crippen molar-refractivity contribution in [3.05, 3.63) is 68.9 Å². The number of rotatable bonds is 5. The van der Waals surface area contributed by atoms with Gasteiger partial charge in [0.25, 0.3) is 0 Å². The SMILES string of the molecule is OCC(CO)(Cc1cccc(F)c1Cl)c1ccc(Br)cc1. The van der Waals surface area contributed by atoms with Crippen molar-refractivity contribution < 1.29 is 14.6 Å². The van der Waals surface area contributed by atoms with Crippen LogP contribution < -0.4 is 0 Å². The van der Waals surface area contributed by atoms with Crippen LogP contribution >= 0.6 is 27.5 Å². The van der Waals surface area contributed by atoms with Gasteiger partial charge in [0.1, 0.15) is 5.82 Å². The van der Waals surface area contributed by atoms with Crippen LogP contribution in [0.2, 0.25) is 5.02 Å². The Morgan fingerprint density at radius 2 is 1.67 bits per heavy atom.